The van der Waals surface area contributed by atoms with E-state index in [1.54, 1.807) is 12.1 Å². The summed E-state index contributed by atoms with van der Waals surface area (Å²) in [6.07, 6.45) is 1.95. The molecule has 0 aliphatic carbocycles. The summed E-state index contributed by atoms with van der Waals surface area (Å²) in [5.41, 5.74) is 1.41. The molecule has 24 heavy (non-hydrogen) atoms. The maximum Gasteiger partial charge on any atom is 0.260 e. The standard InChI is InChI=1S/C18H18ClFN2O2/c19-15-2-1-3-16(20)17(15)18(23)22-13-6-4-12(5-7-13)21-14-8-10-24-11-9-14/h1-7,14,21H,8-11H2,(H,22,23). The fraction of sp³-hybridized carbons (Fsp3) is 0.278. The second kappa shape index (κ2) is 7.64. The molecule has 0 bridgehead atoms. The van der Waals surface area contributed by atoms with Crippen LogP contribution in [0, 0.1) is 5.82 Å². The lowest BCUT2D eigenvalue weighted by Gasteiger charge is -2.24. The lowest BCUT2D eigenvalue weighted by Crippen LogP contribution is -2.27. The molecule has 126 valence electrons. The average Bonchev–Trinajstić information content (AvgIpc) is 2.57. The van der Waals surface area contributed by atoms with Gasteiger partial charge in [-0.25, -0.2) is 4.39 Å². The summed E-state index contributed by atoms with van der Waals surface area (Å²) < 4.78 is 19.1. The molecule has 1 fully saturated rings. The summed E-state index contributed by atoms with van der Waals surface area (Å²) in [6.45, 7) is 1.55. The van der Waals surface area contributed by atoms with E-state index in [0.717, 1.165) is 31.7 Å². The molecule has 2 aromatic rings. The third-order valence-electron chi connectivity index (χ3n) is 3.92. The Balaban J connectivity index is 1.64. The second-order valence-electron chi connectivity index (χ2n) is 5.66. The maximum atomic E-state index is 13.8. The molecular weight excluding hydrogens is 331 g/mol. The summed E-state index contributed by atoms with van der Waals surface area (Å²) in [5, 5.41) is 6.19. The number of amides is 1. The zero-order chi connectivity index (χ0) is 16.9. The van der Waals surface area contributed by atoms with Gasteiger partial charge in [0.25, 0.3) is 5.91 Å². The SMILES string of the molecule is O=C(Nc1ccc(NC2CCOCC2)cc1)c1c(F)cccc1Cl. The molecular formula is C18H18ClFN2O2. The van der Waals surface area contributed by atoms with Crippen LogP contribution in [-0.2, 0) is 4.74 Å². The summed E-state index contributed by atoms with van der Waals surface area (Å²) in [5.74, 6) is -1.21. The van der Waals surface area contributed by atoms with E-state index < -0.39 is 11.7 Å². The van der Waals surface area contributed by atoms with E-state index in [2.05, 4.69) is 10.6 Å². The number of anilines is 2. The number of benzene rings is 2. The number of rotatable bonds is 4. The van der Waals surface area contributed by atoms with Crippen LogP contribution in [0.1, 0.15) is 23.2 Å². The predicted octanol–water partition coefficient (Wildman–Crippen LogP) is 4.32. The minimum absolute atomic E-state index is 0.0882. The lowest BCUT2D eigenvalue weighted by molar-refractivity contribution is 0.0904. The van der Waals surface area contributed by atoms with E-state index in [9.17, 15) is 9.18 Å². The number of hydrogen-bond acceptors (Lipinski definition) is 3. The van der Waals surface area contributed by atoms with Gasteiger partial charge in [0.15, 0.2) is 0 Å². The van der Waals surface area contributed by atoms with Crippen LogP contribution in [0.5, 0.6) is 0 Å². The molecule has 0 unspecified atom stereocenters. The van der Waals surface area contributed by atoms with Crippen LogP contribution in [0.2, 0.25) is 5.02 Å². The van der Waals surface area contributed by atoms with Crippen LogP contribution >= 0.6 is 11.6 Å². The third kappa shape index (κ3) is 4.04. The molecule has 4 nitrogen and oxygen atoms in total. The molecule has 3 rings (SSSR count). The smallest absolute Gasteiger partial charge is 0.260 e. The van der Waals surface area contributed by atoms with Crippen molar-refractivity contribution in [3.05, 3.63) is 58.9 Å². The van der Waals surface area contributed by atoms with Crippen molar-refractivity contribution in [2.24, 2.45) is 0 Å². The predicted molar refractivity (Wildman–Crippen MR) is 93.3 cm³/mol. The Morgan fingerprint density at radius 3 is 2.42 bits per heavy atom. The monoisotopic (exact) mass is 348 g/mol. The van der Waals surface area contributed by atoms with Crippen molar-refractivity contribution in [2.75, 3.05) is 23.8 Å². The van der Waals surface area contributed by atoms with Gasteiger partial charge in [-0.3, -0.25) is 4.79 Å². The molecule has 0 radical (unpaired) electrons. The van der Waals surface area contributed by atoms with Crippen LogP contribution in [0.25, 0.3) is 0 Å². The maximum absolute atomic E-state index is 13.8. The number of carbonyl (C=O) groups is 1. The molecule has 1 saturated heterocycles. The minimum atomic E-state index is -0.641. The van der Waals surface area contributed by atoms with E-state index in [1.165, 1.54) is 18.2 Å². The Kier molecular flexibility index (Phi) is 5.33. The molecule has 1 heterocycles. The van der Waals surface area contributed by atoms with Crippen molar-refractivity contribution in [3.63, 3.8) is 0 Å². The van der Waals surface area contributed by atoms with Crippen LogP contribution in [0.15, 0.2) is 42.5 Å². The Morgan fingerprint density at radius 1 is 1.08 bits per heavy atom. The zero-order valence-electron chi connectivity index (χ0n) is 13.0. The van der Waals surface area contributed by atoms with Gasteiger partial charge in [0.1, 0.15) is 5.82 Å². The van der Waals surface area contributed by atoms with Crippen molar-refractivity contribution in [1.29, 1.82) is 0 Å². The molecule has 1 aliphatic heterocycles. The number of carbonyl (C=O) groups excluding carboxylic acids is 1. The van der Waals surface area contributed by atoms with Gasteiger partial charge >= 0.3 is 0 Å². The molecule has 6 heteroatoms. The van der Waals surface area contributed by atoms with Gasteiger partial charge in [-0.2, -0.15) is 0 Å². The Hall–Kier alpha value is -2.11. The van der Waals surface area contributed by atoms with Crippen molar-refractivity contribution in [3.8, 4) is 0 Å². The largest absolute Gasteiger partial charge is 0.382 e. The molecule has 0 atom stereocenters. The van der Waals surface area contributed by atoms with Crippen molar-refractivity contribution in [1.82, 2.24) is 0 Å². The van der Waals surface area contributed by atoms with Crippen molar-refractivity contribution >= 4 is 28.9 Å². The highest BCUT2D eigenvalue weighted by molar-refractivity contribution is 6.34. The fourth-order valence-electron chi connectivity index (χ4n) is 2.64. The van der Waals surface area contributed by atoms with Crippen LogP contribution in [0.4, 0.5) is 15.8 Å². The normalized spacial score (nSPS) is 15.1. The molecule has 0 aromatic heterocycles. The molecule has 0 spiro atoms. The fourth-order valence-corrected chi connectivity index (χ4v) is 2.88. The van der Waals surface area contributed by atoms with Gasteiger partial charge in [0.2, 0.25) is 0 Å². The molecule has 0 saturated carbocycles. The van der Waals surface area contributed by atoms with E-state index in [4.69, 9.17) is 16.3 Å². The quantitative estimate of drug-likeness (QED) is 0.865. The van der Waals surface area contributed by atoms with E-state index >= 15 is 0 Å². The van der Waals surface area contributed by atoms with Crippen LogP contribution < -0.4 is 10.6 Å². The van der Waals surface area contributed by atoms with E-state index in [0.29, 0.717) is 11.7 Å². The first-order valence-corrected chi connectivity index (χ1v) is 8.21. The lowest BCUT2D eigenvalue weighted by atomic mass is 10.1. The van der Waals surface area contributed by atoms with E-state index in [-0.39, 0.29) is 10.6 Å². The summed E-state index contributed by atoms with van der Waals surface area (Å²) >= 11 is 5.90. The third-order valence-corrected chi connectivity index (χ3v) is 4.24. The van der Waals surface area contributed by atoms with Crippen LogP contribution in [0.3, 0.4) is 0 Å². The molecule has 2 aromatic carbocycles. The average molecular weight is 349 g/mol. The highest BCUT2D eigenvalue weighted by Gasteiger charge is 2.16. The summed E-state index contributed by atoms with van der Waals surface area (Å²) in [6, 6.07) is 11.9. The van der Waals surface area contributed by atoms with Crippen LogP contribution in [-0.4, -0.2) is 25.2 Å². The topological polar surface area (TPSA) is 50.4 Å². The summed E-state index contributed by atoms with van der Waals surface area (Å²) in [4.78, 5) is 12.2. The summed E-state index contributed by atoms with van der Waals surface area (Å²) in [7, 11) is 0. The van der Waals surface area contributed by atoms with Gasteiger partial charge in [0.05, 0.1) is 10.6 Å². The Bertz CT molecular complexity index is 695. The van der Waals surface area contributed by atoms with Gasteiger partial charge in [-0.1, -0.05) is 17.7 Å². The number of nitrogens with one attached hydrogen (secondary N) is 2. The molecule has 1 amide bonds. The van der Waals surface area contributed by atoms with E-state index in [1.807, 2.05) is 12.1 Å². The first-order valence-electron chi connectivity index (χ1n) is 7.83. The first kappa shape index (κ1) is 16.7. The second-order valence-corrected chi connectivity index (χ2v) is 6.07. The Labute approximate surface area is 145 Å². The minimum Gasteiger partial charge on any atom is -0.382 e. The zero-order valence-corrected chi connectivity index (χ0v) is 13.8. The van der Waals surface area contributed by atoms with Crippen molar-refractivity contribution < 1.29 is 13.9 Å². The highest BCUT2D eigenvalue weighted by Crippen LogP contribution is 2.22. The molecule has 2 N–H and O–H groups in total. The number of hydrogen-bond donors (Lipinski definition) is 2. The van der Waals surface area contributed by atoms with Gasteiger partial charge in [-0.15, -0.1) is 0 Å². The number of ether oxygens (including phenoxy) is 1. The highest BCUT2D eigenvalue weighted by atomic mass is 35.5. The van der Waals surface area contributed by atoms with Gasteiger partial charge < -0.3 is 15.4 Å². The first-order chi connectivity index (χ1) is 11.6. The van der Waals surface area contributed by atoms with Gasteiger partial charge in [-0.05, 0) is 49.2 Å². The van der Waals surface area contributed by atoms with Crippen molar-refractivity contribution in [2.45, 2.75) is 18.9 Å². The van der Waals surface area contributed by atoms with Gasteiger partial charge in [0, 0.05) is 30.6 Å². The Morgan fingerprint density at radius 2 is 1.75 bits per heavy atom. The molecule has 1 aliphatic rings. The number of halogens is 2.